The van der Waals surface area contributed by atoms with Crippen molar-refractivity contribution in [1.82, 2.24) is 14.9 Å². The van der Waals surface area contributed by atoms with E-state index < -0.39 is 5.97 Å². The first-order valence-corrected chi connectivity index (χ1v) is 6.13. The summed E-state index contributed by atoms with van der Waals surface area (Å²) in [5, 5.41) is 15.2. The van der Waals surface area contributed by atoms with Crippen molar-refractivity contribution in [2.75, 3.05) is 0 Å². The number of nitrogens with one attached hydrogen (secondary N) is 1. The molecule has 0 bridgehead atoms. The Balaban J connectivity index is 2.64. The molecule has 7 heteroatoms. The fourth-order valence-electron chi connectivity index (χ4n) is 1.48. The van der Waals surface area contributed by atoms with E-state index in [1.165, 1.54) is 0 Å². The number of aromatic nitrogens is 2. The van der Waals surface area contributed by atoms with Crippen LogP contribution in [0.4, 0.5) is 0 Å². The van der Waals surface area contributed by atoms with Crippen LogP contribution in [0.25, 0.3) is 0 Å². The Hall–Kier alpha value is -1.50. The molecule has 2 N–H and O–H groups in total. The molecular formula is C10H15N3O3S. The molecule has 1 amide bonds. The molecule has 1 atom stereocenters. The van der Waals surface area contributed by atoms with Gasteiger partial charge in [-0.05, 0) is 24.9 Å². The van der Waals surface area contributed by atoms with E-state index in [2.05, 4.69) is 14.9 Å². The van der Waals surface area contributed by atoms with Crippen molar-refractivity contribution in [3.8, 4) is 0 Å². The summed E-state index contributed by atoms with van der Waals surface area (Å²) >= 11 is 1.02. The maximum absolute atomic E-state index is 11.8. The average Bonchev–Trinajstić information content (AvgIpc) is 2.63. The van der Waals surface area contributed by atoms with Gasteiger partial charge in [0.05, 0.1) is 12.1 Å². The summed E-state index contributed by atoms with van der Waals surface area (Å²) in [7, 11) is 0. The fourth-order valence-corrected chi connectivity index (χ4v) is 2.03. The van der Waals surface area contributed by atoms with Crippen molar-refractivity contribution in [2.24, 2.45) is 0 Å². The monoisotopic (exact) mass is 257 g/mol. The topological polar surface area (TPSA) is 92.2 Å². The predicted octanol–water partition coefficient (Wildman–Crippen LogP) is 1.22. The number of carboxylic acids is 1. The zero-order chi connectivity index (χ0) is 12.8. The van der Waals surface area contributed by atoms with Crippen LogP contribution in [0.5, 0.6) is 0 Å². The Morgan fingerprint density at radius 2 is 2.24 bits per heavy atom. The molecule has 1 rings (SSSR count). The van der Waals surface area contributed by atoms with Crippen LogP contribution in [0.1, 0.15) is 41.6 Å². The van der Waals surface area contributed by atoms with Gasteiger partial charge in [0, 0.05) is 6.04 Å². The van der Waals surface area contributed by atoms with E-state index >= 15 is 0 Å². The number of hydrogen-bond acceptors (Lipinski definition) is 5. The first-order chi connectivity index (χ1) is 8.04. The predicted molar refractivity (Wildman–Crippen MR) is 63.1 cm³/mol. The molecule has 0 aromatic carbocycles. The van der Waals surface area contributed by atoms with Gasteiger partial charge in [-0.3, -0.25) is 9.59 Å². The Labute approximate surface area is 103 Å². The third-order valence-corrected chi connectivity index (χ3v) is 3.08. The molecule has 0 fully saturated rings. The number of amides is 1. The second-order valence-electron chi connectivity index (χ2n) is 3.74. The van der Waals surface area contributed by atoms with Gasteiger partial charge in [-0.15, -0.1) is 5.10 Å². The summed E-state index contributed by atoms with van der Waals surface area (Å²) in [6.45, 7) is 3.64. The van der Waals surface area contributed by atoms with Crippen molar-refractivity contribution in [1.29, 1.82) is 0 Å². The molecule has 6 nitrogen and oxygen atoms in total. The Bertz CT molecular complexity index is 405. The van der Waals surface area contributed by atoms with Crippen molar-refractivity contribution >= 4 is 23.4 Å². The van der Waals surface area contributed by atoms with Crippen LogP contribution in [-0.4, -0.2) is 32.6 Å². The Morgan fingerprint density at radius 3 is 2.71 bits per heavy atom. The van der Waals surface area contributed by atoms with Crippen LogP contribution in [0.2, 0.25) is 0 Å². The number of hydrogen-bond donors (Lipinski definition) is 2. The second kappa shape index (κ2) is 6.29. The normalized spacial score (nSPS) is 12.1. The fraction of sp³-hybridized carbons (Fsp3) is 0.600. The summed E-state index contributed by atoms with van der Waals surface area (Å²) in [4.78, 5) is 22.9. The van der Waals surface area contributed by atoms with Gasteiger partial charge in [0.2, 0.25) is 0 Å². The highest BCUT2D eigenvalue weighted by Crippen LogP contribution is 2.10. The minimum Gasteiger partial charge on any atom is -0.481 e. The Morgan fingerprint density at radius 1 is 1.53 bits per heavy atom. The molecule has 0 saturated carbocycles. The molecule has 0 radical (unpaired) electrons. The standard InChI is InChI=1S/C10H15N3O3S/c1-3-4-7(5-8(14)15)11-10(16)9-6(2)12-13-17-9/h7H,3-5H2,1-2H3,(H,11,16)(H,14,15). The van der Waals surface area contributed by atoms with E-state index in [4.69, 9.17) is 5.11 Å². The lowest BCUT2D eigenvalue weighted by Gasteiger charge is -2.15. The summed E-state index contributed by atoms with van der Waals surface area (Å²) in [5.41, 5.74) is 0.568. The zero-order valence-electron chi connectivity index (χ0n) is 9.77. The number of aryl methyl sites for hydroxylation is 1. The van der Waals surface area contributed by atoms with Gasteiger partial charge >= 0.3 is 5.97 Å². The molecule has 17 heavy (non-hydrogen) atoms. The quantitative estimate of drug-likeness (QED) is 0.799. The van der Waals surface area contributed by atoms with Crippen LogP contribution in [-0.2, 0) is 4.79 Å². The zero-order valence-corrected chi connectivity index (χ0v) is 10.6. The highest BCUT2D eigenvalue weighted by atomic mass is 32.1. The second-order valence-corrected chi connectivity index (χ2v) is 4.50. The summed E-state index contributed by atoms with van der Waals surface area (Å²) < 4.78 is 3.67. The summed E-state index contributed by atoms with van der Waals surface area (Å²) in [5.74, 6) is -1.21. The van der Waals surface area contributed by atoms with E-state index in [1.807, 2.05) is 6.92 Å². The molecule has 1 aromatic rings. The van der Waals surface area contributed by atoms with Crippen molar-refractivity contribution < 1.29 is 14.7 Å². The van der Waals surface area contributed by atoms with Gasteiger partial charge in [-0.25, -0.2) is 0 Å². The van der Waals surface area contributed by atoms with E-state index in [9.17, 15) is 9.59 Å². The summed E-state index contributed by atoms with van der Waals surface area (Å²) in [6, 6.07) is -0.341. The molecule has 1 unspecified atom stereocenters. The highest BCUT2D eigenvalue weighted by molar-refractivity contribution is 7.08. The molecule has 0 aliphatic carbocycles. The average molecular weight is 257 g/mol. The van der Waals surface area contributed by atoms with Crippen molar-refractivity contribution in [2.45, 2.75) is 39.2 Å². The first kappa shape index (κ1) is 13.6. The maximum Gasteiger partial charge on any atom is 0.305 e. The van der Waals surface area contributed by atoms with Gasteiger partial charge < -0.3 is 10.4 Å². The van der Waals surface area contributed by atoms with E-state index in [-0.39, 0.29) is 18.4 Å². The largest absolute Gasteiger partial charge is 0.481 e. The minimum absolute atomic E-state index is 0.0646. The molecule has 0 spiro atoms. The van der Waals surface area contributed by atoms with Gasteiger partial charge in [0.15, 0.2) is 0 Å². The molecule has 0 aliphatic rings. The minimum atomic E-state index is -0.914. The number of carbonyl (C=O) groups is 2. The van der Waals surface area contributed by atoms with Crippen molar-refractivity contribution in [3.63, 3.8) is 0 Å². The van der Waals surface area contributed by atoms with E-state index in [1.54, 1.807) is 6.92 Å². The van der Waals surface area contributed by atoms with Crippen LogP contribution in [0.15, 0.2) is 0 Å². The number of rotatable bonds is 6. The number of carboxylic acid groups (broad SMARTS) is 1. The molecule has 0 aliphatic heterocycles. The van der Waals surface area contributed by atoms with Gasteiger partial charge in [0.1, 0.15) is 4.88 Å². The smallest absolute Gasteiger partial charge is 0.305 e. The maximum atomic E-state index is 11.8. The molecule has 1 heterocycles. The first-order valence-electron chi connectivity index (χ1n) is 5.36. The van der Waals surface area contributed by atoms with E-state index in [0.717, 1.165) is 18.0 Å². The van der Waals surface area contributed by atoms with Crippen LogP contribution < -0.4 is 5.32 Å². The molecular weight excluding hydrogens is 242 g/mol. The SMILES string of the molecule is CCCC(CC(=O)O)NC(=O)c1snnc1C. The van der Waals surface area contributed by atoms with Crippen LogP contribution in [0.3, 0.4) is 0 Å². The number of nitrogens with zero attached hydrogens (tertiary/aromatic N) is 2. The summed E-state index contributed by atoms with van der Waals surface area (Å²) in [6.07, 6.45) is 1.40. The third-order valence-electron chi connectivity index (χ3n) is 2.25. The lowest BCUT2D eigenvalue weighted by molar-refractivity contribution is -0.137. The molecule has 1 aromatic heterocycles. The highest BCUT2D eigenvalue weighted by Gasteiger charge is 2.19. The molecule has 0 saturated heterocycles. The Kier molecular flexibility index (Phi) is 5.02. The lowest BCUT2D eigenvalue weighted by atomic mass is 10.1. The number of carbonyl (C=O) groups excluding carboxylic acids is 1. The van der Waals surface area contributed by atoms with Crippen LogP contribution >= 0.6 is 11.5 Å². The molecule has 94 valence electrons. The van der Waals surface area contributed by atoms with Crippen LogP contribution in [0, 0.1) is 6.92 Å². The third kappa shape index (κ3) is 4.10. The van der Waals surface area contributed by atoms with Gasteiger partial charge in [-0.1, -0.05) is 17.8 Å². The van der Waals surface area contributed by atoms with E-state index in [0.29, 0.717) is 17.0 Å². The number of aliphatic carboxylic acids is 1. The van der Waals surface area contributed by atoms with Gasteiger partial charge in [0.25, 0.3) is 5.91 Å². The van der Waals surface area contributed by atoms with Crippen molar-refractivity contribution in [3.05, 3.63) is 10.6 Å². The lowest BCUT2D eigenvalue weighted by Crippen LogP contribution is -2.36. The van der Waals surface area contributed by atoms with Gasteiger partial charge in [-0.2, -0.15) is 0 Å².